The van der Waals surface area contributed by atoms with Crippen LogP contribution >= 0.6 is 0 Å². The number of esters is 1. The van der Waals surface area contributed by atoms with E-state index in [0.717, 1.165) is 50.6 Å². The molecular weight excluding hydrogens is 430 g/mol. The van der Waals surface area contributed by atoms with E-state index in [1.807, 2.05) is 12.3 Å². The van der Waals surface area contributed by atoms with Crippen LogP contribution in [0.5, 0.6) is 0 Å². The monoisotopic (exact) mass is 475 g/mol. The zero-order valence-electron chi connectivity index (χ0n) is 22.0. The Labute approximate surface area is 213 Å². The van der Waals surface area contributed by atoms with Crippen LogP contribution in [0.15, 0.2) is 54.7 Å². The number of hydrogen-bond acceptors (Lipinski definition) is 3. The Morgan fingerprint density at radius 3 is 2.29 bits per heavy atom. The van der Waals surface area contributed by atoms with Crippen LogP contribution in [0.25, 0.3) is 11.3 Å². The number of ether oxygens (including phenoxy) is 1. The molecule has 0 N–H and O–H groups in total. The van der Waals surface area contributed by atoms with Gasteiger partial charge in [-0.2, -0.15) is 0 Å². The molecule has 35 heavy (non-hydrogen) atoms. The molecule has 0 radical (unpaired) electrons. The summed E-state index contributed by atoms with van der Waals surface area (Å²) in [4.78, 5) is 16.8. The first kappa shape index (κ1) is 27.2. The molecule has 0 amide bonds. The number of carbonyl (C=O) groups excluding carboxylic acids is 1. The highest BCUT2D eigenvalue weighted by atomic mass is 16.5. The third-order valence-corrected chi connectivity index (χ3v) is 7.26. The molecule has 1 aromatic heterocycles. The molecular formula is C32H45NO2. The van der Waals surface area contributed by atoms with Crippen LogP contribution in [0.1, 0.15) is 114 Å². The molecule has 1 aliphatic rings. The summed E-state index contributed by atoms with van der Waals surface area (Å²) in [5.74, 6) is 0.377. The van der Waals surface area contributed by atoms with Gasteiger partial charge in [0.15, 0.2) is 0 Å². The first-order valence-electron chi connectivity index (χ1n) is 14.1. The minimum absolute atomic E-state index is 0.0623. The van der Waals surface area contributed by atoms with Gasteiger partial charge in [0.1, 0.15) is 6.10 Å². The van der Waals surface area contributed by atoms with Crippen LogP contribution in [0, 0.1) is 0 Å². The van der Waals surface area contributed by atoms with E-state index in [4.69, 9.17) is 9.72 Å². The number of hydrogen-bond donors (Lipinski definition) is 0. The third-order valence-electron chi connectivity index (χ3n) is 7.26. The van der Waals surface area contributed by atoms with Crippen LogP contribution in [-0.2, 0) is 16.0 Å². The van der Waals surface area contributed by atoms with Crippen molar-refractivity contribution in [3.8, 4) is 11.3 Å². The van der Waals surface area contributed by atoms with Crippen molar-refractivity contribution in [2.24, 2.45) is 0 Å². The van der Waals surface area contributed by atoms with Crippen molar-refractivity contribution in [1.29, 1.82) is 0 Å². The Kier molecular flexibility index (Phi) is 12.1. The molecule has 0 spiro atoms. The van der Waals surface area contributed by atoms with Gasteiger partial charge in [-0.15, -0.1) is 0 Å². The van der Waals surface area contributed by atoms with Crippen LogP contribution in [0.3, 0.4) is 0 Å². The first-order valence-corrected chi connectivity index (χ1v) is 14.1. The second-order valence-corrected chi connectivity index (χ2v) is 10.1. The molecule has 1 fully saturated rings. The smallest absolute Gasteiger partial charge is 0.330 e. The van der Waals surface area contributed by atoms with Crippen LogP contribution < -0.4 is 0 Å². The van der Waals surface area contributed by atoms with Gasteiger partial charge in [-0.25, -0.2) is 4.79 Å². The number of allylic oxidation sites excluding steroid dienone is 1. The van der Waals surface area contributed by atoms with E-state index in [1.165, 1.54) is 61.6 Å². The molecule has 0 atom stereocenters. The molecule has 190 valence electrons. The average molecular weight is 476 g/mol. The van der Waals surface area contributed by atoms with Crippen LogP contribution in [0.4, 0.5) is 0 Å². The zero-order chi connectivity index (χ0) is 24.7. The molecule has 0 saturated heterocycles. The number of aromatic nitrogens is 1. The summed E-state index contributed by atoms with van der Waals surface area (Å²) in [5, 5.41) is 0. The highest BCUT2D eigenvalue weighted by Crippen LogP contribution is 2.35. The van der Waals surface area contributed by atoms with E-state index in [9.17, 15) is 4.79 Å². The van der Waals surface area contributed by atoms with E-state index in [0.29, 0.717) is 5.92 Å². The SMILES string of the molecule is CCCCCCCC=CC(=O)OC1CCC(c2ccc(-c3ccc(CCCCC)cn3)cc2)CC1. The van der Waals surface area contributed by atoms with Gasteiger partial charge in [0, 0.05) is 17.8 Å². The molecule has 3 rings (SSSR count). The lowest BCUT2D eigenvalue weighted by Crippen LogP contribution is -2.23. The van der Waals surface area contributed by atoms with Crippen molar-refractivity contribution in [2.75, 3.05) is 0 Å². The molecule has 1 aromatic carbocycles. The van der Waals surface area contributed by atoms with Crippen LogP contribution in [0.2, 0.25) is 0 Å². The molecule has 1 aliphatic carbocycles. The van der Waals surface area contributed by atoms with Crippen LogP contribution in [-0.4, -0.2) is 17.1 Å². The lowest BCUT2D eigenvalue weighted by molar-refractivity contribution is -0.144. The fourth-order valence-corrected chi connectivity index (χ4v) is 5.01. The lowest BCUT2D eigenvalue weighted by atomic mass is 9.82. The molecule has 0 aliphatic heterocycles. The Bertz CT molecular complexity index is 877. The molecule has 1 heterocycles. The Balaban J connectivity index is 1.39. The summed E-state index contributed by atoms with van der Waals surface area (Å²) in [6.45, 7) is 4.47. The number of pyridine rings is 1. The summed E-state index contributed by atoms with van der Waals surface area (Å²) in [5.41, 5.74) is 4.93. The van der Waals surface area contributed by atoms with Gasteiger partial charge in [0.2, 0.25) is 0 Å². The largest absolute Gasteiger partial charge is 0.459 e. The van der Waals surface area contributed by atoms with Crippen molar-refractivity contribution >= 4 is 5.97 Å². The maximum atomic E-state index is 12.1. The second kappa shape index (κ2) is 15.5. The quantitative estimate of drug-likeness (QED) is 0.155. The molecule has 0 bridgehead atoms. The van der Waals surface area contributed by atoms with E-state index in [1.54, 1.807) is 6.08 Å². The topological polar surface area (TPSA) is 39.2 Å². The number of aryl methyl sites for hydroxylation is 1. The summed E-state index contributed by atoms with van der Waals surface area (Å²) in [6, 6.07) is 13.3. The molecule has 0 unspecified atom stereocenters. The van der Waals surface area contributed by atoms with Crippen molar-refractivity contribution in [1.82, 2.24) is 4.98 Å². The zero-order valence-corrected chi connectivity index (χ0v) is 22.0. The number of carbonyl (C=O) groups is 1. The molecule has 2 aromatic rings. The molecule has 3 nitrogen and oxygen atoms in total. The number of nitrogens with zero attached hydrogens (tertiary/aromatic N) is 1. The van der Waals surface area contributed by atoms with Crippen molar-refractivity contribution in [2.45, 2.75) is 116 Å². The average Bonchev–Trinajstić information content (AvgIpc) is 2.89. The van der Waals surface area contributed by atoms with Gasteiger partial charge in [-0.3, -0.25) is 4.98 Å². The fraction of sp³-hybridized carbons (Fsp3) is 0.562. The van der Waals surface area contributed by atoms with Gasteiger partial charge < -0.3 is 4.74 Å². The highest BCUT2D eigenvalue weighted by Gasteiger charge is 2.24. The Morgan fingerprint density at radius 1 is 0.886 bits per heavy atom. The lowest BCUT2D eigenvalue weighted by Gasteiger charge is -2.28. The minimum Gasteiger partial charge on any atom is -0.459 e. The fourth-order valence-electron chi connectivity index (χ4n) is 5.01. The predicted molar refractivity (Wildman–Crippen MR) is 147 cm³/mol. The van der Waals surface area contributed by atoms with E-state index in [-0.39, 0.29) is 12.1 Å². The first-order chi connectivity index (χ1) is 17.2. The van der Waals surface area contributed by atoms with E-state index >= 15 is 0 Å². The standard InChI is InChI=1S/C32H45NO2/c1-3-5-7-8-9-10-12-14-32(34)35-30-22-20-28(21-23-30)27-16-18-29(19-17-27)31-24-15-26(25-33-31)13-11-6-4-2/h12,14-19,24-25,28,30H,3-11,13,20-23H2,1-2H3. The summed E-state index contributed by atoms with van der Waals surface area (Å²) >= 11 is 0. The summed E-state index contributed by atoms with van der Waals surface area (Å²) in [6.07, 6.45) is 21.9. The predicted octanol–water partition coefficient (Wildman–Crippen LogP) is 8.97. The Morgan fingerprint density at radius 2 is 1.60 bits per heavy atom. The number of benzene rings is 1. The third kappa shape index (κ3) is 9.63. The molecule has 3 heteroatoms. The van der Waals surface area contributed by atoms with Crippen molar-refractivity contribution in [3.63, 3.8) is 0 Å². The number of unbranched alkanes of at least 4 members (excludes halogenated alkanes) is 7. The second-order valence-electron chi connectivity index (χ2n) is 10.1. The van der Waals surface area contributed by atoms with Gasteiger partial charge in [-0.05, 0) is 74.5 Å². The maximum Gasteiger partial charge on any atom is 0.330 e. The highest BCUT2D eigenvalue weighted by molar-refractivity contribution is 5.82. The summed E-state index contributed by atoms with van der Waals surface area (Å²) < 4.78 is 5.70. The molecule has 1 saturated carbocycles. The maximum absolute atomic E-state index is 12.1. The van der Waals surface area contributed by atoms with Crippen molar-refractivity contribution < 1.29 is 9.53 Å². The number of rotatable bonds is 14. The van der Waals surface area contributed by atoms with Gasteiger partial charge in [0.05, 0.1) is 5.69 Å². The Hall–Kier alpha value is -2.42. The summed E-state index contributed by atoms with van der Waals surface area (Å²) in [7, 11) is 0. The van der Waals surface area contributed by atoms with Gasteiger partial charge >= 0.3 is 5.97 Å². The van der Waals surface area contributed by atoms with Gasteiger partial charge in [0.25, 0.3) is 0 Å². The normalized spacial score (nSPS) is 18.1. The van der Waals surface area contributed by atoms with E-state index in [2.05, 4.69) is 50.2 Å². The van der Waals surface area contributed by atoms with Gasteiger partial charge in [-0.1, -0.05) is 88.8 Å². The van der Waals surface area contributed by atoms with Crippen molar-refractivity contribution in [3.05, 3.63) is 65.9 Å². The minimum atomic E-state index is -0.171. The van der Waals surface area contributed by atoms with E-state index < -0.39 is 0 Å².